The number of nitrogens with zero attached hydrogens (tertiary/aromatic N) is 1. The highest BCUT2D eigenvalue weighted by Crippen LogP contribution is 2.29. The van der Waals surface area contributed by atoms with Crippen molar-refractivity contribution < 1.29 is 5.11 Å². The molecule has 2 heterocycles. The molecule has 0 saturated heterocycles. The molecule has 0 aromatic carbocycles. The van der Waals surface area contributed by atoms with E-state index >= 15 is 0 Å². The number of aliphatic hydroxyl groups excluding tert-OH is 1. The summed E-state index contributed by atoms with van der Waals surface area (Å²) in [5.74, 6) is 0. The van der Waals surface area contributed by atoms with Crippen molar-refractivity contribution in [2.45, 2.75) is 26.4 Å². The van der Waals surface area contributed by atoms with E-state index in [1.165, 1.54) is 5.56 Å². The number of thiophene rings is 1. The maximum absolute atomic E-state index is 10.3. The van der Waals surface area contributed by atoms with Gasteiger partial charge in [0, 0.05) is 22.8 Å². The van der Waals surface area contributed by atoms with Gasteiger partial charge in [0.05, 0.1) is 0 Å². The molecule has 16 heavy (non-hydrogen) atoms. The fourth-order valence-electron chi connectivity index (χ4n) is 1.76. The van der Waals surface area contributed by atoms with Crippen molar-refractivity contribution in [2.24, 2.45) is 0 Å². The van der Waals surface area contributed by atoms with Crippen LogP contribution in [0, 0.1) is 6.92 Å². The monoisotopic (exact) mass is 233 g/mol. The zero-order valence-electron chi connectivity index (χ0n) is 9.47. The SMILES string of the molecule is CCc1ccsc1C(O)c1cncc(C)c1. The second kappa shape index (κ2) is 4.76. The fraction of sp³-hybridized carbons (Fsp3) is 0.308. The zero-order chi connectivity index (χ0) is 11.5. The Kier molecular flexibility index (Phi) is 3.36. The summed E-state index contributed by atoms with van der Waals surface area (Å²) in [6.07, 6.45) is 3.94. The van der Waals surface area contributed by atoms with Crippen molar-refractivity contribution in [1.29, 1.82) is 0 Å². The third-order valence-electron chi connectivity index (χ3n) is 2.62. The lowest BCUT2D eigenvalue weighted by molar-refractivity contribution is 0.222. The quantitative estimate of drug-likeness (QED) is 0.883. The van der Waals surface area contributed by atoms with E-state index in [0.717, 1.165) is 22.4 Å². The van der Waals surface area contributed by atoms with Crippen molar-refractivity contribution in [2.75, 3.05) is 0 Å². The topological polar surface area (TPSA) is 33.1 Å². The molecule has 0 saturated carbocycles. The number of rotatable bonds is 3. The van der Waals surface area contributed by atoms with Crippen LogP contribution >= 0.6 is 11.3 Å². The summed E-state index contributed by atoms with van der Waals surface area (Å²) < 4.78 is 0. The minimum atomic E-state index is -0.539. The molecule has 2 aromatic rings. The van der Waals surface area contributed by atoms with E-state index in [0.29, 0.717) is 0 Å². The van der Waals surface area contributed by atoms with Gasteiger partial charge in [0.25, 0.3) is 0 Å². The van der Waals surface area contributed by atoms with Crippen LogP contribution in [0.15, 0.2) is 29.9 Å². The van der Waals surface area contributed by atoms with Crippen molar-refractivity contribution in [3.63, 3.8) is 0 Å². The summed E-state index contributed by atoms with van der Waals surface area (Å²) in [5, 5.41) is 12.3. The molecule has 0 spiro atoms. The second-order valence-electron chi connectivity index (χ2n) is 3.86. The van der Waals surface area contributed by atoms with Gasteiger partial charge in [-0.15, -0.1) is 11.3 Å². The van der Waals surface area contributed by atoms with Crippen LogP contribution in [0.2, 0.25) is 0 Å². The predicted octanol–water partition coefficient (Wildman–Crippen LogP) is 3.10. The van der Waals surface area contributed by atoms with Crippen molar-refractivity contribution in [3.05, 3.63) is 51.5 Å². The molecule has 1 atom stereocenters. The number of hydrogen-bond acceptors (Lipinski definition) is 3. The molecule has 0 aliphatic carbocycles. The van der Waals surface area contributed by atoms with Crippen molar-refractivity contribution in [3.8, 4) is 0 Å². The fourth-order valence-corrected chi connectivity index (χ4v) is 2.77. The van der Waals surface area contributed by atoms with Gasteiger partial charge in [-0.3, -0.25) is 4.98 Å². The highest BCUT2D eigenvalue weighted by atomic mass is 32.1. The average molecular weight is 233 g/mol. The Balaban J connectivity index is 2.35. The molecule has 0 radical (unpaired) electrons. The van der Waals surface area contributed by atoms with Gasteiger partial charge in [0.2, 0.25) is 0 Å². The first kappa shape index (κ1) is 11.3. The summed E-state index contributed by atoms with van der Waals surface area (Å²) in [5.41, 5.74) is 3.17. The second-order valence-corrected chi connectivity index (χ2v) is 4.81. The molecule has 2 aromatic heterocycles. The minimum Gasteiger partial charge on any atom is -0.383 e. The third kappa shape index (κ3) is 2.15. The first-order valence-electron chi connectivity index (χ1n) is 5.38. The third-order valence-corrected chi connectivity index (χ3v) is 3.63. The predicted molar refractivity (Wildman–Crippen MR) is 66.7 cm³/mol. The molecule has 0 bridgehead atoms. The van der Waals surface area contributed by atoms with Gasteiger partial charge in [-0.25, -0.2) is 0 Å². The maximum atomic E-state index is 10.3. The lowest BCUT2D eigenvalue weighted by Crippen LogP contribution is -2.01. The van der Waals surface area contributed by atoms with E-state index in [2.05, 4.69) is 18.0 Å². The Morgan fingerprint density at radius 1 is 1.44 bits per heavy atom. The maximum Gasteiger partial charge on any atom is 0.115 e. The van der Waals surface area contributed by atoms with E-state index in [-0.39, 0.29) is 0 Å². The minimum absolute atomic E-state index is 0.539. The molecule has 1 unspecified atom stereocenters. The van der Waals surface area contributed by atoms with Gasteiger partial charge >= 0.3 is 0 Å². The molecule has 0 aliphatic heterocycles. The van der Waals surface area contributed by atoms with Crippen LogP contribution in [-0.4, -0.2) is 10.1 Å². The first-order chi connectivity index (χ1) is 7.72. The van der Waals surface area contributed by atoms with Gasteiger partial charge in [-0.2, -0.15) is 0 Å². The van der Waals surface area contributed by atoms with E-state index in [1.807, 2.05) is 18.4 Å². The molecule has 3 heteroatoms. The summed E-state index contributed by atoms with van der Waals surface area (Å²) in [4.78, 5) is 5.15. The number of aromatic nitrogens is 1. The summed E-state index contributed by atoms with van der Waals surface area (Å²) in [7, 11) is 0. The zero-order valence-corrected chi connectivity index (χ0v) is 10.3. The first-order valence-corrected chi connectivity index (χ1v) is 6.26. The largest absolute Gasteiger partial charge is 0.383 e. The summed E-state index contributed by atoms with van der Waals surface area (Å²) >= 11 is 1.61. The van der Waals surface area contributed by atoms with E-state index in [9.17, 15) is 5.11 Å². The van der Waals surface area contributed by atoms with E-state index in [4.69, 9.17) is 0 Å². The lowest BCUT2D eigenvalue weighted by atomic mass is 10.0. The number of aryl methyl sites for hydroxylation is 2. The summed E-state index contributed by atoms with van der Waals surface area (Å²) in [6, 6.07) is 4.06. The Labute approximate surface area is 99.6 Å². The number of aliphatic hydroxyl groups is 1. The van der Waals surface area contributed by atoms with E-state index in [1.54, 1.807) is 23.7 Å². The number of pyridine rings is 1. The van der Waals surface area contributed by atoms with Gasteiger partial charge in [0.1, 0.15) is 6.10 Å². The number of hydrogen-bond donors (Lipinski definition) is 1. The van der Waals surface area contributed by atoms with Gasteiger partial charge in [0.15, 0.2) is 0 Å². The average Bonchev–Trinajstić information content (AvgIpc) is 2.76. The molecule has 2 rings (SSSR count). The molecule has 2 nitrogen and oxygen atoms in total. The van der Waals surface area contributed by atoms with Crippen LogP contribution in [0.4, 0.5) is 0 Å². The Bertz CT molecular complexity index is 478. The lowest BCUT2D eigenvalue weighted by Gasteiger charge is -2.11. The smallest absolute Gasteiger partial charge is 0.115 e. The summed E-state index contributed by atoms with van der Waals surface area (Å²) in [6.45, 7) is 4.09. The van der Waals surface area contributed by atoms with Gasteiger partial charge in [-0.1, -0.05) is 13.0 Å². The van der Waals surface area contributed by atoms with Crippen LogP contribution in [-0.2, 0) is 6.42 Å². The van der Waals surface area contributed by atoms with Crippen LogP contribution < -0.4 is 0 Å². The Hall–Kier alpha value is -1.19. The molecule has 84 valence electrons. The molecule has 0 aliphatic rings. The highest BCUT2D eigenvalue weighted by molar-refractivity contribution is 7.10. The van der Waals surface area contributed by atoms with Crippen LogP contribution in [0.25, 0.3) is 0 Å². The van der Waals surface area contributed by atoms with Crippen LogP contribution in [0.5, 0.6) is 0 Å². The molecule has 0 fully saturated rings. The molecule has 0 amide bonds. The Morgan fingerprint density at radius 3 is 2.94 bits per heavy atom. The normalized spacial score (nSPS) is 12.7. The Morgan fingerprint density at radius 2 is 2.25 bits per heavy atom. The van der Waals surface area contributed by atoms with Crippen molar-refractivity contribution >= 4 is 11.3 Å². The standard InChI is InChI=1S/C13H15NOS/c1-3-10-4-5-16-13(10)12(15)11-6-9(2)7-14-8-11/h4-8,12,15H,3H2,1-2H3. The van der Waals surface area contributed by atoms with Crippen molar-refractivity contribution in [1.82, 2.24) is 4.98 Å². The van der Waals surface area contributed by atoms with Gasteiger partial charge < -0.3 is 5.11 Å². The molecular weight excluding hydrogens is 218 g/mol. The van der Waals surface area contributed by atoms with Gasteiger partial charge in [-0.05, 0) is 35.9 Å². The van der Waals surface area contributed by atoms with E-state index < -0.39 is 6.10 Å². The molecule has 1 N–H and O–H groups in total. The highest BCUT2D eigenvalue weighted by Gasteiger charge is 2.15. The van der Waals surface area contributed by atoms with Crippen LogP contribution in [0.1, 0.15) is 34.6 Å². The molecular formula is C13H15NOS. The van der Waals surface area contributed by atoms with Crippen LogP contribution in [0.3, 0.4) is 0 Å².